The molecule has 0 aromatic heterocycles. The number of unbranched alkanes of at least 4 members (excludes halogenated alkanes) is 1. The average Bonchev–Trinajstić information content (AvgIpc) is 2.25. The molecule has 88 valence electrons. The number of nitro groups is 1. The SMILES string of the molecule is O=[N+]([O-])c1cccc(Cl)c1OCCCCS. The molecule has 16 heavy (non-hydrogen) atoms. The molecule has 0 atom stereocenters. The van der Waals surface area contributed by atoms with E-state index in [9.17, 15) is 10.1 Å². The molecule has 0 amide bonds. The van der Waals surface area contributed by atoms with Crippen LogP contribution in [-0.2, 0) is 0 Å². The van der Waals surface area contributed by atoms with Gasteiger partial charge in [0.2, 0.25) is 5.75 Å². The molecule has 0 saturated carbocycles. The summed E-state index contributed by atoms with van der Waals surface area (Å²) in [5.41, 5.74) is -0.0987. The van der Waals surface area contributed by atoms with Gasteiger partial charge in [0.15, 0.2) is 0 Å². The second-order valence-electron chi connectivity index (χ2n) is 3.12. The van der Waals surface area contributed by atoms with Gasteiger partial charge in [0.25, 0.3) is 0 Å². The molecule has 0 radical (unpaired) electrons. The van der Waals surface area contributed by atoms with Crippen molar-refractivity contribution in [1.29, 1.82) is 0 Å². The van der Waals surface area contributed by atoms with E-state index in [0.29, 0.717) is 6.61 Å². The van der Waals surface area contributed by atoms with Gasteiger partial charge in [-0.25, -0.2) is 0 Å². The van der Waals surface area contributed by atoms with E-state index in [1.54, 1.807) is 6.07 Å². The molecule has 0 unspecified atom stereocenters. The highest BCUT2D eigenvalue weighted by Crippen LogP contribution is 2.34. The quantitative estimate of drug-likeness (QED) is 0.370. The number of benzene rings is 1. The van der Waals surface area contributed by atoms with Gasteiger partial charge in [0.1, 0.15) is 0 Å². The molecule has 0 N–H and O–H groups in total. The first kappa shape index (κ1) is 13.1. The van der Waals surface area contributed by atoms with Crippen LogP contribution in [-0.4, -0.2) is 17.3 Å². The van der Waals surface area contributed by atoms with Crippen LogP contribution in [0.5, 0.6) is 5.75 Å². The summed E-state index contributed by atoms with van der Waals surface area (Å²) in [6, 6.07) is 4.48. The Kier molecular flexibility index (Phi) is 5.42. The first-order chi connectivity index (χ1) is 7.66. The number of hydrogen-bond acceptors (Lipinski definition) is 4. The van der Waals surface area contributed by atoms with Crippen molar-refractivity contribution in [3.8, 4) is 5.75 Å². The van der Waals surface area contributed by atoms with Crippen molar-refractivity contribution in [2.24, 2.45) is 0 Å². The summed E-state index contributed by atoms with van der Waals surface area (Å²) >= 11 is 9.91. The van der Waals surface area contributed by atoms with Crippen LogP contribution in [0.3, 0.4) is 0 Å². The van der Waals surface area contributed by atoms with Crippen LogP contribution in [0.15, 0.2) is 18.2 Å². The van der Waals surface area contributed by atoms with Gasteiger partial charge in [0.05, 0.1) is 16.6 Å². The van der Waals surface area contributed by atoms with Crippen LogP contribution in [0.4, 0.5) is 5.69 Å². The first-order valence-corrected chi connectivity index (χ1v) is 5.84. The second-order valence-corrected chi connectivity index (χ2v) is 3.98. The monoisotopic (exact) mass is 261 g/mol. The lowest BCUT2D eigenvalue weighted by atomic mass is 10.3. The molecule has 1 aromatic carbocycles. The van der Waals surface area contributed by atoms with Crippen molar-refractivity contribution in [3.63, 3.8) is 0 Å². The van der Waals surface area contributed by atoms with E-state index in [1.165, 1.54) is 12.1 Å². The minimum atomic E-state index is -0.500. The zero-order valence-corrected chi connectivity index (χ0v) is 10.2. The molecule has 6 heteroatoms. The lowest BCUT2D eigenvalue weighted by Gasteiger charge is -2.07. The Morgan fingerprint density at radius 1 is 1.44 bits per heavy atom. The maximum absolute atomic E-state index is 10.7. The Morgan fingerprint density at radius 3 is 2.81 bits per heavy atom. The fourth-order valence-corrected chi connectivity index (χ4v) is 1.62. The lowest BCUT2D eigenvalue weighted by molar-refractivity contribution is -0.385. The molecular weight excluding hydrogens is 250 g/mol. The maximum Gasteiger partial charge on any atom is 0.312 e. The Bertz CT molecular complexity index is 373. The Balaban J connectivity index is 2.73. The third kappa shape index (κ3) is 3.57. The minimum absolute atomic E-state index is 0.0987. The average molecular weight is 262 g/mol. The van der Waals surface area contributed by atoms with E-state index in [0.717, 1.165) is 18.6 Å². The highest BCUT2D eigenvalue weighted by molar-refractivity contribution is 7.80. The molecular formula is C10H12ClNO3S. The number of nitro benzene ring substituents is 1. The van der Waals surface area contributed by atoms with Crippen molar-refractivity contribution >= 4 is 29.9 Å². The second kappa shape index (κ2) is 6.60. The molecule has 0 saturated heterocycles. The van der Waals surface area contributed by atoms with Crippen molar-refractivity contribution in [2.45, 2.75) is 12.8 Å². The molecule has 0 fully saturated rings. The number of thiol groups is 1. The topological polar surface area (TPSA) is 52.4 Å². The van der Waals surface area contributed by atoms with Crippen LogP contribution in [0.25, 0.3) is 0 Å². The Labute approximate surface area is 104 Å². The highest BCUT2D eigenvalue weighted by Gasteiger charge is 2.17. The summed E-state index contributed by atoms with van der Waals surface area (Å²) in [5, 5.41) is 11.0. The van der Waals surface area contributed by atoms with E-state index in [1.807, 2.05) is 0 Å². The molecule has 0 bridgehead atoms. The summed E-state index contributed by atoms with van der Waals surface area (Å²) in [6.45, 7) is 0.408. The third-order valence-corrected chi connectivity index (χ3v) is 2.56. The van der Waals surface area contributed by atoms with Crippen molar-refractivity contribution < 1.29 is 9.66 Å². The third-order valence-electron chi connectivity index (χ3n) is 1.94. The fourth-order valence-electron chi connectivity index (χ4n) is 1.17. The van der Waals surface area contributed by atoms with Crippen LogP contribution in [0.1, 0.15) is 12.8 Å². The predicted octanol–water partition coefficient (Wildman–Crippen LogP) is 3.34. The van der Waals surface area contributed by atoms with Gasteiger partial charge in [-0.1, -0.05) is 17.7 Å². The van der Waals surface area contributed by atoms with Gasteiger partial charge < -0.3 is 4.74 Å². The molecule has 0 aliphatic carbocycles. The summed E-state index contributed by atoms with van der Waals surface area (Å²) in [4.78, 5) is 10.2. The molecule has 4 nitrogen and oxygen atoms in total. The van der Waals surface area contributed by atoms with Gasteiger partial charge in [0, 0.05) is 6.07 Å². The lowest BCUT2D eigenvalue weighted by Crippen LogP contribution is -2.01. The summed E-state index contributed by atoms with van der Waals surface area (Å²) in [5.74, 6) is 0.918. The Morgan fingerprint density at radius 2 is 2.19 bits per heavy atom. The summed E-state index contributed by atoms with van der Waals surface area (Å²) in [7, 11) is 0. The molecule has 0 aliphatic rings. The van der Waals surface area contributed by atoms with Gasteiger partial charge in [-0.15, -0.1) is 0 Å². The molecule has 1 aromatic rings. The van der Waals surface area contributed by atoms with Gasteiger partial charge in [-0.3, -0.25) is 10.1 Å². The fraction of sp³-hybridized carbons (Fsp3) is 0.400. The van der Waals surface area contributed by atoms with E-state index in [-0.39, 0.29) is 16.5 Å². The number of rotatable bonds is 6. The van der Waals surface area contributed by atoms with Gasteiger partial charge >= 0.3 is 5.69 Å². The van der Waals surface area contributed by atoms with Crippen molar-refractivity contribution in [1.82, 2.24) is 0 Å². The first-order valence-electron chi connectivity index (χ1n) is 4.83. The van der Waals surface area contributed by atoms with E-state index in [4.69, 9.17) is 16.3 Å². The van der Waals surface area contributed by atoms with Crippen LogP contribution in [0, 0.1) is 10.1 Å². The van der Waals surface area contributed by atoms with E-state index < -0.39 is 4.92 Å². The number of halogens is 1. The number of nitrogens with zero attached hydrogens (tertiary/aromatic N) is 1. The maximum atomic E-state index is 10.7. The molecule has 0 heterocycles. The van der Waals surface area contributed by atoms with Crippen LogP contribution in [0.2, 0.25) is 5.02 Å². The molecule has 1 rings (SSSR count). The van der Waals surface area contributed by atoms with E-state index >= 15 is 0 Å². The summed E-state index contributed by atoms with van der Waals surface area (Å²) < 4.78 is 5.32. The van der Waals surface area contributed by atoms with Crippen molar-refractivity contribution in [2.75, 3.05) is 12.4 Å². The predicted molar refractivity (Wildman–Crippen MR) is 66.7 cm³/mol. The smallest absolute Gasteiger partial charge is 0.312 e. The van der Waals surface area contributed by atoms with Crippen LogP contribution < -0.4 is 4.74 Å². The van der Waals surface area contributed by atoms with Crippen molar-refractivity contribution in [3.05, 3.63) is 33.3 Å². The summed E-state index contributed by atoms with van der Waals surface area (Å²) in [6.07, 6.45) is 1.70. The van der Waals surface area contributed by atoms with Gasteiger partial charge in [-0.05, 0) is 24.7 Å². The zero-order valence-electron chi connectivity index (χ0n) is 8.56. The Hall–Kier alpha value is -0.940. The number of para-hydroxylation sites is 1. The standard InChI is InChI=1S/C10H12ClNO3S/c11-8-4-3-5-9(12(13)14)10(8)15-6-1-2-7-16/h3-5,16H,1-2,6-7H2. The molecule has 0 spiro atoms. The normalized spacial score (nSPS) is 10.1. The highest BCUT2D eigenvalue weighted by atomic mass is 35.5. The number of hydrogen-bond donors (Lipinski definition) is 1. The number of ether oxygens (including phenoxy) is 1. The minimum Gasteiger partial charge on any atom is -0.486 e. The van der Waals surface area contributed by atoms with Crippen LogP contribution >= 0.6 is 24.2 Å². The van der Waals surface area contributed by atoms with E-state index in [2.05, 4.69) is 12.6 Å². The van der Waals surface area contributed by atoms with Gasteiger partial charge in [-0.2, -0.15) is 12.6 Å². The molecule has 0 aliphatic heterocycles. The largest absolute Gasteiger partial charge is 0.486 e. The zero-order chi connectivity index (χ0) is 12.0.